The maximum atomic E-state index is 9.16. The van der Waals surface area contributed by atoms with Crippen molar-refractivity contribution in [3.63, 3.8) is 0 Å². The van der Waals surface area contributed by atoms with Crippen molar-refractivity contribution in [1.82, 2.24) is 0 Å². The van der Waals surface area contributed by atoms with Crippen molar-refractivity contribution in [3.05, 3.63) is 11.6 Å². The minimum absolute atomic E-state index is 0.323. The second-order valence-electron chi connectivity index (χ2n) is 4.88. The van der Waals surface area contributed by atoms with Gasteiger partial charge in [0.15, 0.2) is 8.07 Å². The number of aliphatic hydroxyl groups excluding tert-OH is 1. The van der Waals surface area contributed by atoms with Crippen LogP contribution in [0.25, 0.3) is 0 Å². The van der Waals surface area contributed by atoms with Crippen molar-refractivity contribution in [2.45, 2.75) is 45.2 Å². The number of hydrogen-bond acceptors (Lipinski definition) is 2. The molecule has 1 aliphatic rings. The summed E-state index contributed by atoms with van der Waals surface area (Å²) in [5, 5.41) is 18.3. The summed E-state index contributed by atoms with van der Waals surface area (Å²) < 4.78 is 0. The Hall–Kier alpha value is -0.563. The summed E-state index contributed by atoms with van der Waals surface area (Å²) in [6.45, 7) is 5.89. The van der Waals surface area contributed by atoms with E-state index in [1.54, 1.807) is 0 Å². The summed E-state index contributed by atoms with van der Waals surface area (Å²) in [7, 11) is -2.17. The predicted octanol–water partition coefficient (Wildman–Crippen LogP) is 1.83. The molecule has 1 atom stereocenters. The maximum absolute atomic E-state index is 9.16. The standard InChI is InChI=1S/C12H20O2Si/c1-10-5-4-6-11(9-10)7-8-15(2,3)12(13)14/h9,11-14H,4-6H2,1-3H3. The molecule has 0 aromatic carbocycles. The molecule has 0 radical (unpaired) electrons. The normalized spacial score (nSPS) is 22.0. The summed E-state index contributed by atoms with van der Waals surface area (Å²) >= 11 is 0. The summed E-state index contributed by atoms with van der Waals surface area (Å²) in [6, 6.07) is 0. The van der Waals surface area contributed by atoms with Crippen molar-refractivity contribution in [2.24, 2.45) is 5.92 Å². The summed E-state index contributed by atoms with van der Waals surface area (Å²) in [4.78, 5) is 0. The molecule has 2 N–H and O–H groups in total. The molecule has 1 rings (SSSR count). The molecule has 0 bridgehead atoms. The number of aliphatic hydroxyl groups is 2. The quantitative estimate of drug-likeness (QED) is 0.309. The second-order valence-corrected chi connectivity index (χ2v) is 9.09. The molecule has 0 fully saturated rings. The Bertz CT molecular complexity index is 307. The van der Waals surface area contributed by atoms with Crippen LogP contribution in [0.1, 0.15) is 26.2 Å². The van der Waals surface area contributed by atoms with Gasteiger partial charge < -0.3 is 10.2 Å². The Kier molecular flexibility index (Phi) is 4.15. The fourth-order valence-corrected chi connectivity index (χ4v) is 2.25. The van der Waals surface area contributed by atoms with Gasteiger partial charge in [-0.15, -0.1) is 11.5 Å². The van der Waals surface area contributed by atoms with Gasteiger partial charge >= 0.3 is 0 Å². The molecule has 0 spiro atoms. The second kappa shape index (κ2) is 4.98. The van der Waals surface area contributed by atoms with E-state index in [1.165, 1.54) is 18.4 Å². The molecule has 1 unspecified atom stereocenters. The first-order chi connectivity index (χ1) is 6.92. The monoisotopic (exact) mass is 224 g/mol. The SMILES string of the molecule is CC1=CC(C#C[Si](C)(C)C(O)O)CCC1. The van der Waals surface area contributed by atoms with Crippen LogP contribution in [0.4, 0.5) is 0 Å². The van der Waals surface area contributed by atoms with E-state index in [-0.39, 0.29) is 0 Å². The van der Waals surface area contributed by atoms with Gasteiger partial charge in [0, 0.05) is 5.92 Å². The molecule has 0 amide bonds. The van der Waals surface area contributed by atoms with Gasteiger partial charge in [0.1, 0.15) is 5.91 Å². The first-order valence-corrected chi connectivity index (χ1v) is 8.55. The lowest BCUT2D eigenvalue weighted by Gasteiger charge is -2.18. The minimum atomic E-state index is -2.17. The van der Waals surface area contributed by atoms with Crippen molar-refractivity contribution >= 4 is 8.07 Å². The van der Waals surface area contributed by atoms with Gasteiger partial charge in [-0.1, -0.05) is 24.7 Å². The van der Waals surface area contributed by atoms with Crippen LogP contribution in [0.3, 0.4) is 0 Å². The third-order valence-electron chi connectivity index (χ3n) is 2.80. The Morgan fingerprint density at radius 1 is 1.47 bits per heavy atom. The molecule has 0 aromatic heterocycles. The highest BCUT2D eigenvalue weighted by Crippen LogP contribution is 2.21. The molecule has 2 nitrogen and oxygen atoms in total. The van der Waals surface area contributed by atoms with Crippen molar-refractivity contribution < 1.29 is 10.2 Å². The fraction of sp³-hybridized carbons (Fsp3) is 0.667. The number of rotatable bonds is 1. The Morgan fingerprint density at radius 3 is 2.67 bits per heavy atom. The van der Waals surface area contributed by atoms with Crippen LogP contribution < -0.4 is 0 Å². The first kappa shape index (κ1) is 12.5. The molecule has 0 saturated heterocycles. The number of allylic oxidation sites excluding steroid dienone is 2. The van der Waals surface area contributed by atoms with Crippen LogP contribution >= 0.6 is 0 Å². The Morgan fingerprint density at radius 2 is 2.13 bits per heavy atom. The van der Waals surface area contributed by atoms with Crippen LogP contribution in [0, 0.1) is 17.4 Å². The van der Waals surface area contributed by atoms with Gasteiger partial charge in [-0.3, -0.25) is 0 Å². The zero-order valence-electron chi connectivity index (χ0n) is 9.75. The van der Waals surface area contributed by atoms with Gasteiger partial charge in [0.2, 0.25) is 0 Å². The average Bonchev–Trinajstić information content (AvgIpc) is 2.15. The van der Waals surface area contributed by atoms with Crippen LogP contribution in [-0.2, 0) is 0 Å². The van der Waals surface area contributed by atoms with Crippen LogP contribution in [0.5, 0.6) is 0 Å². The predicted molar refractivity (Wildman–Crippen MR) is 64.6 cm³/mol. The maximum Gasteiger partial charge on any atom is 0.195 e. The van der Waals surface area contributed by atoms with E-state index in [0.29, 0.717) is 5.92 Å². The number of hydrogen-bond donors (Lipinski definition) is 2. The van der Waals surface area contributed by atoms with E-state index < -0.39 is 14.0 Å². The van der Waals surface area contributed by atoms with Crippen LogP contribution in [0.15, 0.2) is 11.6 Å². The van der Waals surface area contributed by atoms with Gasteiger partial charge in [0.25, 0.3) is 0 Å². The summed E-state index contributed by atoms with van der Waals surface area (Å²) in [5.41, 5.74) is 4.50. The highest BCUT2D eigenvalue weighted by atomic mass is 28.3. The van der Waals surface area contributed by atoms with Gasteiger partial charge in [-0.2, -0.15) is 0 Å². The smallest absolute Gasteiger partial charge is 0.195 e. The molecule has 3 heteroatoms. The van der Waals surface area contributed by atoms with Gasteiger partial charge in [0.05, 0.1) is 0 Å². The van der Waals surface area contributed by atoms with Crippen molar-refractivity contribution in [2.75, 3.05) is 0 Å². The molecule has 0 aliphatic heterocycles. The van der Waals surface area contributed by atoms with Crippen LogP contribution in [-0.4, -0.2) is 24.2 Å². The lowest BCUT2D eigenvalue weighted by atomic mass is 9.92. The minimum Gasteiger partial charge on any atom is -0.371 e. The Balaban J connectivity index is 2.69. The van der Waals surface area contributed by atoms with E-state index in [2.05, 4.69) is 24.5 Å². The van der Waals surface area contributed by atoms with Crippen molar-refractivity contribution in [3.8, 4) is 11.5 Å². The van der Waals surface area contributed by atoms with Gasteiger partial charge in [-0.25, -0.2) is 0 Å². The highest BCUT2D eigenvalue weighted by Gasteiger charge is 2.27. The largest absolute Gasteiger partial charge is 0.371 e. The van der Waals surface area contributed by atoms with E-state index in [9.17, 15) is 0 Å². The lowest BCUT2D eigenvalue weighted by Crippen LogP contribution is -2.40. The molecule has 1 aliphatic carbocycles. The molecule has 0 heterocycles. The lowest BCUT2D eigenvalue weighted by molar-refractivity contribution is 0.0235. The molecular formula is C12H20O2Si. The Labute approximate surface area is 93.0 Å². The highest BCUT2D eigenvalue weighted by molar-refractivity contribution is 6.85. The van der Waals surface area contributed by atoms with E-state index in [4.69, 9.17) is 10.2 Å². The topological polar surface area (TPSA) is 40.5 Å². The fourth-order valence-electron chi connectivity index (χ4n) is 1.57. The zero-order chi connectivity index (χ0) is 11.5. The third kappa shape index (κ3) is 3.82. The van der Waals surface area contributed by atoms with Crippen molar-refractivity contribution in [1.29, 1.82) is 0 Å². The van der Waals surface area contributed by atoms with Gasteiger partial charge in [-0.05, 0) is 26.2 Å². The van der Waals surface area contributed by atoms with E-state index in [1.807, 2.05) is 13.1 Å². The first-order valence-electron chi connectivity index (χ1n) is 5.48. The molecule has 84 valence electrons. The summed E-state index contributed by atoms with van der Waals surface area (Å²) in [6.07, 6.45) is 5.70. The molecule has 0 saturated carbocycles. The third-order valence-corrected chi connectivity index (χ3v) is 4.88. The van der Waals surface area contributed by atoms with Crippen LogP contribution in [0.2, 0.25) is 13.1 Å². The van der Waals surface area contributed by atoms with E-state index >= 15 is 0 Å². The molecule has 0 aromatic rings. The molecule has 15 heavy (non-hydrogen) atoms. The molecular weight excluding hydrogens is 204 g/mol. The zero-order valence-corrected chi connectivity index (χ0v) is 10.7. The summed E-state index contributed by atoms with van der Waals surface area (Å²) in [5.74, 6) is 2.28. The average molecular weight is 224 g/mol. The van der Waals surface area contributed by atoms with E-state index in [0.717, 1.165) is 6.42 Å².